The van der Waals surface area contributed by atoms with E-state index < -0.39 is 0 Å². The number of hydrogen-bond acceptors (Lipinski definition) is 4. The van der Waals surface area contributed by atoms with Crippen LogP contribution in [0.1, 0.15) is 22.5 Å². The Morgan fingerprint density at radius 1 is 1.15 bits per heavy atom. The van der Waals surface area contributed by atoms with Crippen LogP contribution in [-0.4, -0.2) is 19.0 Å². The number of carbonyl (C=O) groups is 1. The van der Waals surface area contributed by atoms with E-state index >= 15 is 0 Å². The van der Waals surface area contributed by atoms with Gasteiger partial charge in [-0.3, -0.25) is 4.79 Å². The van der Waals surface area contributed by atoms with E-state index in [1.165, 1.54) is 29.9 Å². The van der Waals surface area contributed by atoms with E-state index in [0.717, 1.165) is 18.8 Å². The van der Waals surface area contributed by atoms with Crippen LogP contribution in [0, 0.1) is 0 Å². The van der Waals surface area contributed by atoms with Crippen molar-refractivity contribution in [2.24, 2.45) is 0 Å². The van der Waals surface area contributed by atoms with E-state index in [9.17, 15) is 4.79 Å². The molecular formula is C15H17N3OS. The van der Waals surface area contributed by atoms with Gasteiger partial charge >= 0.3 is 0 Å². The summed E-state index contributed by atoms with van der Waals surface area (Å²) in [6.07, 6.45) is 2.52. The van der Waals surface area contributed by atoms with Crippen LogP contribution < -0.4 is 16.0 Å². The number of nitrogens with two attached hydrogens (primary N) is 1. The first-order chi connectivity index (χ1) is 9.74. The highest BCUT2D eigenvalue weighted by Gasteiger charge is 2.13. The molecule has 0 unspecified atom stereocenters. The molecule has 3 N–H and O–H groups in total. The first-order valence-electron chi connectivity index (χ1n) is 6.73. The van der Waals surface area contributed by atoms with Gasteiger partial charge in [0.2, 0.25) is 0 Å². The predicted octanol–water partition coefficient (Wildman–Crippen LogP) is 3.18. The Labute approximate surface area is 122 Å². The van der Waals surface area contributed by atoms with Gasteiger partial charge in [-0.2, -0.15) is 0 Å². The molecule has 5 heteroatoms. The zero-order valence-electron chi connectivity index (χ0n) is 11.1. The number of thiophene rings is 1. The zero-order valence-corrected chi connectivity index (χ0v) is 12.0. The van der Waals surface area contributed by atoms with Crippen LogP contribution in [0.5, 0.6) is 0 Å². The quantitative estimate of drug-likeness (QED) is 0.911. The first-order valence-corrected chi connectivity index (χ1v) is 7.61. The molecule has 0 bridgehead atoms. The van der Waals surface area contributed by atoms with Gasteiger partial charge in [0.1, 0.15) is 4.88 Å². The molecule has 3 rings (SSSR count). The molecule has 0 spiro atoms. The highest BCUT2D eigenvalue weighted by Crippen LogP contribution is 2.24. The van der Waals surface area contributed by atoms with Crippen LogP contribution in [-0.2, 0) is 0 Å². The Bertz CT molecular complexity index is 600. The van der Waals surface area contributed by atoms with Crippen molar-refractivity contribution in [3.63, 3.8) is 0 Å². The maximum Gasteiger partial charge on any atom is 0.267 e. The Hall–Kier alpha value is -2.01. The van der Waals surface area contributed by atoms with Crippen LogP contribution in [0.3, 0.4) is 0 Å². The molecule has 0 atom stereocenters. The molecule has 4 nitrogen and oxygen atoms in total. The predicted molar refractivity (Wildman–Crippen MR) is 84.6 cm³/mol. The van der Waals surface area contributed by atoms with Gasteiger partial charge in [-0.15, -0.1) is 11.3 Å². The normalized spacial score (nSPS) is 14.5. The van der Waals surface area contributed by atoms with Crippen molar-refractivity contribution in [3.05, 3.63) is 40.6 Å². The number of hydrogen-bond donors (Lipinski definition) is 2. The summed E-state index contributed by atoms with van der Waals surface area (Å²) in [4.78, 5) is 15.0. The Kier molecular flexibility index (Phi) is 3.60. The average Bonchev–Trinajstić information content (AvgIpc) is 3.10. The van der Waals surface area contributed by atoms with E-state index in [1.54, 1.807) is 6.07 Å². The molecule has 104 valence electrons. The summed E-state index contributed by atoms with van der Waals surface area (Å²) in [7, 11) is 0. The van der Waals surface area contributed by atoms with Gasteiger partial charge in [0.15, 0.2) is 0 Å². The van der Waals surface area contributed by atoms with Gasteiger partial charge in [0.25, 0.3) is 5.91 Å². The lowest BCUT2D eigenvalue weighted by atomic mass is 10.2. The van der Waals surface area contributed by atoms with Crippen molar-refractivity contribution in [2.75, 3.05) is 29.0 Å². The lowest BCUT2D eigenvalue weighted by Crippen LogP contribution is -2.17. The molecule has 2 heterocycles. The fraction of sp³-hybridized carbons (Fsp3) is 0.267. The molecule has 0 radical (unpaired) electrons. The Morgan fingerprint density at radius 3 is 2.45 bits per heavy atom. The van der Waals surface area contributed by atoms with Crippen LogP contribution in [0.15, 0.2) is 35.7 Å². The molecule has 1 aliphatic rings. The van der Waals surface area contributed by atoms with E-state index in [1.807, 2.05) is 17.5 Å². The highest BCUT2D eigenvalue weighted by atomic mass is 32.1. The molecule has 1 aliphatic heterocycles. The Balaban J connectivity index is 1.69. The average molecular weight is 287 g/mol. The third kappa shape index (κ3) is 2.63. The van der Waals surface area contributed by atoms with Gasteiger partial charge < -0.3 is 16.0 Å². The van der Waals surface area contributed by atoms with Gasteiger partial charge in [-0.25, -0.2) is 0 Å². The molecule has 0 aliphatic carbocycles. The standard InChI is InChI=1S/C15H17N3OS/c16-13-7-10-20-14(13)15(19)17-11-3-5-12(6-4-11)18-8-1-2-9-18/h3-7,10H,1-2,8-9,16H2,(H,17,19). The number of nitrogens with zero attached hydrogens (tertiary/aromatic N) is 1. The van der Waals surface area contributed by atoms with E-state index in [2.05, 4.69) is 22.3 Å². The molecule has 1 aromatic heterocycles. The molecule has 20 heavy (non-hydrogen) atoms. The number of amides is 1. The van der Waals surface area contributed by atoms with Crippen LogP contribution in [0.25, 0.3) is 0 Å². The van der Waals surface area contributed by atoms with Crippen molar-refractivity contribution in [3.8, 4) is 0 Å². The molecule has 1 amide bonds. The second-order valence-corrected chi connectivity index (χ2v) is 5.82. The van der Waals surface area contributed by atoms with Crippen LogP contribution >= 0.6 is 11.3 Å². The maximum atomic E-state index is 12.0. The second-order valence-electron chi connectivity index (χ2n) is 4.90. The van der Waals surface area contributed by atoms with Crippen molar-refractivity contribution < 1.29 is 4.79 Å². The number of rotatable bonds is 3. The number of benzene rings is 1. The third-order valence-corrected chi connectivity index (χ3v) is 4.43. The number of nitrogens with one attached hydrogen (secondary N) is 1. The summed E-state index contributed by atoms with van der Waals surface area (Å²) in [6.45, 7) is 2.24. The van der Waals surface area contributed by atoms with Gasteiger partial charge in [-0.1, -0.05) is 0 Å². The minimum atomic E-state index is -0.147. The van der Waals surface area contributed by atoms with Gasteiger partial charge in [-0.05, 0) is 48.6 Å². The number of carbonyl (C=O) groups excluding carboxylic acids is 1. The molecular weight excluding hydrogens is 270 g/mol. The molecule has 1 aromatic carbocycles. The van der Waals surface area contributed by atoms with Crippen molar-refractivity contribution >= 4 is 34.3 Å². The third-order valence-electron chi connectivity index (χ3n) is 3.50. The van der Waals surface area contributed by atoms with Crippen molar-refractivity contribution in [1.82, 2.24) is 0 Å². The molecule has 1 saturated heterocycles. The fourth-order valence-corrected chi connectivity index (χ4v) is 3.14. The largest absolute Gasteiger partial charge is 0.397 e. The number of anilines is 3. The van der Waals surface area contributed by atoms with E-state index in [4.69, 9.17) is 5.73 Å². The molecule has 0 saturated carbocycles. The summed E-state index contributed by atoms with van der Waals surface area (Å²) in [5, 5.41) is 4.70. The first kappa shape index (κ1) is 13.0. The lowest BCUT2D eigenvalue weighted by Gasteiger charge is -2.17. The van der Waals surface area contributed by atoms with Crippen molar-refractivity contribution in [1.29, 1.82) is 0 Å². The smallest absolute Gasteiger partial charge is 0.267 e. The van der Waals surface area contributed by atoms with E-state index in [0.29, 0.717) is 10.6 Å². The second kappa shape index (κ2) is 5.54. The highest BCUT2D eigenvalue weighted by molar-refractivity contribution is 7.12. The van der Waals surface area contributed by atoms with Crippen molar-refractivity contribution in [2.45, 2.75) is 12.8 Å². The van der Waals surface area contributed by atoms with Gasteiger partial charge in [0, 0.05) is 24.5 Å². The number of nitrogen functional groups attached to an aromatic ring is 1. The molecule has 2 aromatic rings. The monoisotopic (exact) mass is 287 g/mol. The summed E-state index contributed by atoms with van der Waals surface area (Å²) < 4.78 is 0. The van der Waals surface area contributed by atoms with Crippen LogP contribution in [0.4, 0.5) is 17.1 Å². The minimum absolute atomic E-state index is 0.147. The zero-order chi connectivity index (χ0) is 13.9. The fourth-order valence-electron chi connectivity index (χ4n) is 2.42. The molecule has 1 fully saturated rings. The maximum absolute atomic E-state index is 12.0. The summed E-state index contributed by atoms with van der Waals surface area (Å²) >= 11 is 1.36. The SMILES string of the molecule is Nc1ccsc1C(=O)Nc1ccc(N2CCCC2)cc1. The minimum Gasteiger partial charge on any atom is -0.397 e. The van der Waals surface area contributed by atoms with E-state index in [-0.39, 0.29) is 5.91 Å². The van der Waals surface area contributed by atoms with Gasteiger partial charge in [0.05, 0.1) is 5.69 Å². The Morgan fingerprint density at radius 2 is 1.85 bits per heavy atom. The summed E-state index contributed by atoms with van der Waals surface area (Å²) in [5.74, 6) is -0.147. The summed E-state index contributed by atoms with van der Waals surface area (Å²) in [6, 6.07) is 9.73. The topological polar surface area (TPSA) is 58.4 Å². The summed E-state index contributed by atoms with van der Waals surface area (Å²) in [5.41, 5.74) is 8.29. The lowest BCUT2D eigenvalue weighted by molar-refractivity contribution is 0.103. The van der Waals surface area contributed by atoms with Crippen LogP contribution in [0.2, 0.25) is 0 Å².